The van der Waals surface area contributed by atoms with Crippen LogP contribution in [0.5, 0.6) is 0 Å². The lowest BCUT2D eigenvalue weighted by Crippen LogP contribution is -2.32. The van der Waals surface area contributed by atoms with Gasteiger partial charge in [0.15, 0.2) is 0 Å². The molecular formula is C18H19ClN2O3. The van der Waals surface area contributed by atoms with Crippen molar-refractivity contribution in [2.75, 3.05) is 17.7 Å². The molecule has 0 fully saturated rings. The molecule has 2 aromatic carbocycles. The predicted octanol–water partition coefficient (Wildman–Crippen LogP) is 3.87. The SMILES string of the molecule is COC(=O)c1ccc(C)c(N[C@@H](C)C(=O)Nc2ccc(Cl)cc2)c1. The number of halogens is 1. The molecule has 1 atom stereocenters. The first-order chi connectivity index (χ1) is 11.4. The van der Waals surface area contributed by atoms with Gasteiger partial charge in [-0.25, -0.2) is 4.79 Å². The van der Waals surface area contributed by atoms with E-state index in [9.17, 15) is 9.59 Å². The van der Waals surface area contributed by atoms with Gasteiger partial charge in [0.05, 0.1) is 12.7 Å². The van der Waals surface area contributed by atoms with Crippen LogP contribution in [-0.2, 0) is 9.53 Å². The molecule has 0 heterocycles. The van der Waals surface area contributed by atoms with Crippen LogP contribution in [0.2, 0.25) is 5.02 Å². The maximum absolute atomic E-state index is 12.3. The maximum atomic E-state index is 12.3. The third kappa shape index (κ3) is 4.49. The zero-order valence-corrected chi connectivity index (χ0v) is 14.5. The summed E-state index contributed by atoms with van der Waals surface area (Å²) in [6, 6.07) is 11.5. The second-order valence-corrected chi connectivity index (χ2v) is 5.82. The second-order valence-electron chi connectivity index (χ2n) is 5.38. The summed E-state index contributed by atoms with van der Waals surface area (Å²) in [5.74, 6) is -0.614. The molecule has 0 aliphatic heterocycles. The van der Waals surface area contributed by atoms with E-state index < -0.39 is 12.0 Å². The normalized spacial score (nSPS) is 11.5. The van der Waals surface area contributed by atoms with Crippen molar-refractivity contribution in [3.05, 3.63) is 58.6 Å². The number of carbonyl (C=O) groups excluding carboxylic acids is 2. The van der Waals surface area contributed by atoms with E-state index in [-0.39, 0.29) is 5.91 Å². The Kier molecular flexibility index (Phi) is 5.82. The fraction of sp³-hybridized carbons (Fsp3) is 0.222. The molecule has 6 heteroatoms. The molecule has 5 nitrogen and oxygen atoms in total. The molecule has 24 heavy (non-hydrogen) atoms. The Morgan fingerprint density at radius 1 is 1.12 bits per heavy atom. The van der Waals surface area contributed by atoms with Crippen LogP contribution in [0.4, 0.5) is 11.4 Å². The van der Waals surface area contributed by atoms with E-state index in [1.807, 2.05) is 6.92 Å². The zero-order valence-electron chi connectivity index (χ0n) is 13.7. The van der Waals surface area contributed by atoms with Crippen LogP contribution < -0.4 is 10.6 Å². The van der Waals surface area contributed by atoms with Crippen LogP contribution in [0.1, 0.15) is 22.8 Å². The Hall–Kier alpha value is -2.53. The number of rotatable bonds is 5. The largest absolute Gasteiger partial charge is 0.465 e. The average molecular weight is 347 g/mol. The summed E-state index contributed by atoms with van der Waals surface area (Å²) in [6.07, 6.45) is 0. The molecule has 0 radical (unpaired) electrons. The van der Waals surface area contributed by atoms with Gasteiger partial charge in [0.1, 0.15) is 6.04 Å². The molecule has 2 N–H and O–H groups in total. The summed E-state index contributed by atoms with van der Waals surface area (Å²) in [4.78, 5) is 23.9. The smallest absolute Gasteiger partial charge is 0.337 e. The summed E-state index contributed by atoms with van der Waals surface area (Å²) < 4.78 is 4.72. The number of hydrogen-bond acceptors (Lipinski definition) is 4. The van der Waals surface area contributed by atoms with Gasteiger partial charge in [-0.1, -0.05) is 17.7 Å². The first-order valence-electron chi connectivity index (χ1n) is 7.42. The molecule has 126 valence electrons. The molecule has 2 aromatic rings. The molecule has 0 aliphatic rings. The summed E-state index contributed by atoms with van der Waals surface area (Å²) in [7, 11) is 1.33. The number of carbonyl (C=O) groups is 2. The van der Waals surface area contributed by atoms with Gasteiger partial charge in [-0.15, -0.1) is 0 Å². The van der Waals surface area contributed by atoms with Gasteiger partial charge < -0.3 is 15.4 Å². The van der Waals surface area contributed by atoms with E-state index in [1.54, 1.807) is 49.4 Å². The van der Waals surface area contributed by atoms with Gasteiger partial charge >= 0.3 is 5.97 Å². The molecule has 0 saturated heterocycles. The number of methoxy groups -OCH3 is 1. The highest BCUT2D eigenvalue weighted by Crippen LogP contribution is 2.19. The standard InChI is InChI=1S/C18H19ClN2O3/c1-11-4-5-13(18(23)24-3)10-16(11)20-12(2)17(22)21-15-8-6-14(19)7-9-15/h4-10,12,20H,1-3H3,(H,21,22)/t12-/m0/s1. The van der Waals surface area contributed by atoms with Crippen molar-refractivity contribution < 1.29 is 14.3 Å². The van der Waals surface area contributed by atoms with Gasteiger partial charge in [-0.2, -0.15) is 0 Å². The molecule has 0 saturated carbocycles. The zero-order chi connectivity index (χ0) is 17.7. The van der Waals surface area contributed by atoms with Crippen molar-refractivity contribution in [1.29, 1.82) is 0 Å². The first-order valence-corrected chi connectivity index (χ1v) is 7.80. The summed E-state index contributed by atoms with van der Waals surface area (Å²) in [5, 5.41) is 6.53. The fourth-order valence-electron chi connectivity index (χ4n) is 2.10. The van der Waals surface area contributed by atoms with Crippen LogP contribution in [-0.4, -0.2) is 25.0 Å². The van der Waals surface area contributed by atoms with Crippen LogP contribution in [0.15, 0.2) is 42.5 Å². The fourth-order valence-corrected chi connectivity index (χ4v) is 2.23. The lowest BCUT2D eigenvalue weighted by molar-refractivity contribution is -0.116. The van der Waals surface area contributed by atoms with E-state index in [0.717, 1.165) is 5.56 Å². The third-order valence-electron chi connectivity index (χ3n) is 3.54. The van der Waals surface area contributed by atoms with Crippen molar-refractivity contribution >= 4 is 34.9 Å². The molecule has 0 aliphatic carbocycles. The minimum absolute atomic E-state index is 0.194. The van der Waals surface area contributed by atoms with Crippen LogP contribution in [0.25, 0.3) is 0 Å². The van der Waals surface area contributed by atoms with Crippen molar-refractivity contribution in [3.63, 3.8) is 0 Å². The topological polar surface area (TPSA) is 67.4 Å². The van der Waals surface area contributed by atoms with Gasteiger partial charge in [0.25, 0.3) is 0 Å². The van der Waals surface area contributed by atoms with E-state index >= 15 is 0 Å². The number of amides is 1. The Morgan fingerprint density at radius 3 is 2.42 bits per heavy atom. The lowest BCUT2D eigenvalue weighted by atomic mass is 10.1. The number of aryl methyl sites for hydroxylation is 1. The molecule has 0 bridgehead atoms. The highest BCUT2D eigenvalue weighted by Gasteiger charge is 2.15. The molecule has 0 unspecified atom stereocenters. The van der Waals surface area contributed by atoms with E-state index in [1.165, 1.54) is 7.11 Å². The van der Waals surface area contributed by atoms with Gasteiger partial charge in [0, 0.05) is 16.4 Å². The van der Waals surface area contributed by atoms with Crippen molar-refractivity contribution in [3.8, 4) is 0 Å². The van der Waals surface area contributed by atoms with E-state index in [2.05, 4.69) is 10.6 Å². The quantitative estimate of drug-likeness (QED) is 0.806. The molecule has 0 spiro atoms. The minimum atomic E-state index is -0.493. The Labute approximate surface area is 146 Å². The van der Waals surface area contributed by atoms with Gasteiger partial charge in [-0.05, 0) is 55.8 Å². The summed E-state index contributed by atoms with van der Waals surface area (Å²) in [6.45, 7) is 3.64. The summed E-state index contributed by atoms with van der Waals surface area (Å²) in [5.41, 5.74) is 2.72. The number of ether oxygens (including phenoxy) is 1. The van der Waals surface area contributed by atoms with Gasteiger partial charge in [0.2, 0.25) is 5.91 Å². The first kappa shape index (κ1) is 17.8. The second kappa shape index (κ2) is 7.84. The number of hydrogen-bond donors (Lipinski definition) is 2. The molecule has 1 amide bonds. The van der Waals surface area contributed by atoms with Gasteiger partial charge in [-0.3, -0.25) is 4.79 Å². The van der Waals surface area contributed by atoms with Crippen LogP contribution in [0, 0.1) is 6.92 Å². The predicted molar refractivity (Wildman–Crippen MR) is 95.7 cm³/mol. The van der Waals surface area contributed by atoms with Crippen LogP contribution in [0.3, 0.4) is 0 Å². The number of anilines is 2. The van der Waals surface area contributed by atoms with Crippen molar-refractivity contribution in [1.82, 2.24) is 0 Å². The van der Waals surface area contributed by atoms with Crippen molar-refractivity contribution in [2.24, 2.45) is 0 Å². The molecular weight excluding hydrogens is 328 g/mol. The highest BCUT2D eigenvalue weighted by molar-refractivity contribution is 6.30. The minimum Gasteiger partial charge on any atom is -0.465 e. The molecule has 2 rings (SSSR count). The Morgan fingerprint density at radius 2 is 1.79 bits per heavy atom. The third-order valence-corrected chi connectivity index (χ3v) is 3.79. The summed E-state index contributed by atoms with van der Waals surface area (Å²) >= 11 is 5.82. The highest BCUT2D eigenvalue weighted by atomic mass is 35.5. The van der Waals surface area contributed by atoms with Crippen LogP contribution >= 0.6 is 11.6 Å². The Bertz CT molecular complexity index is 744. The maximum Gasteiger partial charge on any atom is 0.337 e. The monoisotopic (exact) mass is 346 g/mol. The number of esters is 1. The van der Waals surface area contributed by atoms with E-state index in [4.69, 9.17) is 16.3 Å². The van der Waals surface area contributed by atoms with Crippen molar-refractivity contribution in [2.45, 2.75) is 19.9 Å². The lowest BCUT2D eigenvalue weighted by Gasteiger charge is -2.17. The van der Waals surface area contributed by atoms with E-state index in [0.29, 0.717) is 22.0 Å². The number of benzene rings is 2. The average Bonchev–Trinajstić information content (AvgIpc) is 2.58. The molecule has 0 aromatic heterocycles. The number of nitrogens with one attached hydrogen (secondary N) is 2. The Balaban J connectivity index is 2.08.